The van der Waals surface area contributed by atoms with E-state index >= 15 is 0 Å². The molecule has 4 nitrogen and oxygen atoms in total. The Morgan fingerprint density at radius 2 is 2.32 bits per heavy atom. The Morgan fingerprint density at radius 3 is 3.00 bits per heavy atom. The van der Waals surface area contributed by atoms with Gasteiger partial charge in [-0.15, -0.1) is 0 Å². The number of aliphatic hydroxyl groups excluding tert-OH is 1. The zero-order valence-electron chi connectivity index (χ0n) is 11.5. The van der Waals surface area contributed by atoms with Crippen molar-refractivity contribution < 1.29 is 14.6 Å². The number of likely N-dealkylation sites (tertiary alicyclic amines) is 1. The van der Waals surface area contributed by atoms with E-state index in [4.69, 9.17) is 4.74 Å². The molecule has 104 valence electrons. The Balaban J connectivity index is 2.17. The lowest BCUT2D eigenvalue weighted by molar-refractivity contribution is 0.0648. The van der Waals surface area contributed by atoms with E-state index in [1.165, 1.54) is 0 Å². The van der Waals surface area contributed by atoms with Crippen LogP contribution in [0.1, 0.15) is 29.3 Å². The number of amides is 1. The summed E-state index contributed by atoms with van der Waals surface area (Å²) in [5.74, 6) is 0.359. The van der Waals surface area contributed by atoms with E-state index < -0.39 is 0 Å². The van der Waals surface area contributed by atoms with Crippen LogP contribution in [0.3, 0.4) is 0 Å². The van der Waals surface area contributed by atoms with E-state index in [1.54, 1.807) is 12.0 Å². The third-order valence-electron chi connectivity index (χ3n) is 3.82. The number of ether oxygens (including phenoxy) is 1. The van der Waals surface area contributed by atoms with Crippen LogP contribution in [0.2, 0.25) is 0 Å². The van der Waals surface area contributed by atoms with Crippen molar-refractivity contribution in [2.24, 2.45) is 5.92 Å². The lowest BCUT2D eigenvalue weighted by Gasteiger charge is -2.25. The predicted octanol–water partition coefficient (Wildman–Crippen LogP) is 1.68. The van der Waals surface area contributed by atoms with Gasteiger partial charge in [0.05, 0.1) is 19.3 Å². The second-order valence-corrected chi connectivity index (χ2v) is 5.15. The van der Waals surface area contributed by atoms with Gasteiger partial charge in [0.1, 0.15) is 0 Å². The molecular formula is C15H21NO3. The number of carbonyl (C=O) groups is 1. The van der Waals surface area contributed by atoms with Crippen molar-refractivity contribution in [2.75, 3.05) is 20.3 Å². The molecule has 1 aromatic rings. The minimum absolute atomic E-state index is 0.00125. The third kappa shape index (κ3) is 2.96. The monoisotopic (exact) mass is 263 g/mol. The average molecular weight is 263 g/mol. The summed E-state index contributed by atoms with van der Waals surface area (Å²) in [4.78, 5) is 14.3. The predicted molar refractivity (Wildman–Crippen MR) is 72.8 cm³/mol. The van der Waals surface area contributed by atoms with Crippen molar-refractivity contribution in [3.05, 3.63) is 35.4 Å². The molecule has 1 amide bonds. The van der Waals surface area contributed by atoms with Crippen molar-refractivity contribution >= 4 is 5.91 Å². The lowest BCUT2D eigenvalue weighted by Crippen LogP contribution is -2.39. The fourth-order valence-electron chi connectivity index (χ4n) is 2.67. The van der Waals surface area contributed by atoms with Gasteiger partial charge in [0.25, 0.3) is 5.91 Å². The van der Waals surface area contributed by atoms with Crippen molar-refractivity contribution in [1.82, 2.24) is 4.90 Å². The van der Waals surface area contributed by atoms with Gasteiger partial charge in [-0.05, 0) is 30.0 Å². The van der Waals surface area contributed by atoms with Gasteiger partial charge >= 0.3 is 0 Å². The molecular weight excluding hydrogens is 242 g/mol. The van der Waals surface area contributed by atoms with Gasteiger partial charge in [0.2, 0.25) is 0 Å². The third-order valence-corrected chi connectivity index (χ3v) is 3.82. The molecule has 0 aromatic heterocycles. The Morgan fingerprint density at radius 1 is 1.53 bits per heavy atom. The standard InChI is InChI=1S/C15H21NO3/c1-11-6-7-16(14(11)9-17)15(18)13-5-3-4-12(8-13)10-19-2/h3-5,8,11,14,17H,6-7,9-10H2,1-2H3. The minimum atomic E-state index is -0.0569. The van der Waals surface area contributed by atoms with Crippen LogP contribution in [-0.2, 0) is 11.3 Å². The molecule has 1 aliphatic heterocycles. The molecule has 0 aliphatic carbocycles. The van der Waals surface area contributed by atoms with Gasteiger partial charge in [-0.2, -0.15) is 0 Å². The number of benzene rings is 1. The van der Waals surface area contributed by atoms with Crippen molar-refractivity contribution in [1.29, 1.82) is 0 Å². The summed E-state index contributed by atoms with van der Waals surface area (Å²) < 4.78 is 5.08. The summed E-state index contributed by atoms with van der Waals surface area (Å²) in [5.41, 5.74) is 1.66. The van der Waals surface area contributed by atoms with Crippen LogP contribution >= 0.6 is 0 Å². The molecule has 2 atom stereocenters. The number of hydrogen-bond donors (Lipinski definition) is 1. The lowest BCUT2D eigenvalue weighted by atomic mass is 10.0. The second kappa shape index (κ2) is 6.17. The average Bonchev–Trinajstić information content (AvgIpc) is 2.79. The van der Waals surface area contributed by atoms with E-state index in [2.05, 4.69) is 6.92 Å². The zero-order valence-corrected chi connectivity index (χ0v) is 11.5. The smallest absolute Gasteiger partial charge is 0.254 e. The fraction of sp³-hybridized carbons (Fsp3) is 0.533. The van der Waals surface area contributed by atoms with Gasteiger partial charge in [-0.1, -0.05) is 19.1 Å². The molecule has 1 saturated heterocycles. The number of hydrogen-bond acceptors (Lipinski definition) is 3. The molecule has 1 aromatic carbocycles. The van der Waals surface area contributed by atoms with Crippen LogP contribution in [0.4, 0.5) is 0 Å². The topological polar surface area (TPSA) is 49.8 Å². The number of nitrogens with zero attached hydrogens (tertiary/aromatic N) is 1. The normalized spacial score (nSPS) is 22.8. The molecule has 2 rings (SSSR count). The molecule has 0 saturated carbocycles. The Hall–Kier alpha value is -1.39. The van der Waals surface area contributed by atoms with Gasteiger partial charge in [0, 0.05) is 19.2 Å². The molecule has 1 aliphatic rings. The highest BCUT2D eigenvalue weighted by Crippen LogP contribution is 2.25. The Labute approximate surface area is 114 Å². The van der Waals surface area contributed by atoms with Crippen LogP contribution < -0.4 is 0 Å². The van der Waals surface area contributed by atoms with E-state index in [1.807, 2.05) is 24.3 Å². The summed E-state index contributed by atoms with van der Waals surface area (Å²) in [6.45, 7) is 3.33. The summed E-state index contributed by atoms with van der Waals surface area (Å²) in [5, 5.41) is 9.43. The quantitative estimate of drug-likeness (QED) is 0.899. The number of carbonyl (C=O) groups excluding carboxylic acids is 1. The largest absolute Gasteiger partial charge is 0.394 e. The maximum Gasteiger partial charge on any atom is 0.254 e. The summed E-state index contributed by atoms with van der Waals surface area (Å²) in [6.07, 6.45) is 0.953. The molecule has 19 heavy (non-hydrogen) atoms. The zero-order chi connectivity index (χ0) is 13.8. The van der Waals surface area contributed by atoms with Crippen molar-refractivity contribution in [2.45, 2.75) is 26.0 Å². The van der Waals surface area contributed by atoms with Crippen molar-refractivity contribution in [3.8, 4) is 0 Å². The Kier molecular flexibility index (Phi) is 4.56. The maximum absolute atomic E-state index is 12.5. The molecule has 0 spiro atoms. The van der Waals surface area contributed by atoms with Crippen LogP contribution in [0.25, 0.3) is 0 Å². The van der Waals surface area contributed by atoms with Gasteiger partial charge in [-0.3, -0.25) is 4.79 Å². The summed E-state index contributed by atoms with van der Waals surface area (Å²) >= 11 is 0. The highest BCUT2D eigenvalue weighted by molar-refractivity contribution is 5.94. The van der Waals surface area contributed by atoms with Gasteiger partial charge < -0.3 is 14.7 Å². The highest BCUT2D eigenvalue weighted by atomic mass is 16.5. The van der Waals surface area contributed by atoms with Crippen LogP contribution in [0.5, 0.6) is 0 Å². The van der Waals surface area contributed by atoms with E-state index in [0.29, 0.717) is 18.1 Å². The first-order chi connectivity index (χ1) is 9.17. The van der Waals surface area contributed by atoms with E-state index in [9.17, 15) is 9.90 Å². The summed E-state index contributed by atoms with van der Waals surface area (Å²) in [6, 6.07) is 7.44. The first-order valence-electron chi connectivity index (χ1n) is 6.67. The SMILES string of the molecule is COCc1cccc(C(=O)N2CCC(C)C2CO)c1. The fourth-order valence-corrected chi connectivity index (χ4v) is 2.67. The number of rotatable bonds is 4. The minimum Gasteiger partial charge on any atom is -0.394 e. The van der Waals surface area contributed by atoms with Crippen LogP contribution in [0.15, 0.2) is 24.3 Å². The van der Waals surface area contributed by atoms with Gasteiger partial charge in [-0.25, -0.2) is 0 Å². The molecule has 2 unspecified atom stereocenters. The number of aliphatic hydroxyl groups is 1. The van der Waals surface area contributed by atoms with Crippen LogP contribution in [-0.4, -0.2) is 42.2 Å². The molecule has 1 heterocycles. The summed E-state index contributed by atoms with van der Waals surface area (Å²) in [7, 11) is 1.64. The molecule has 1 fully saturated rings. The maximum atomic E-state index is 12.5. The highest BCUT2D eigenvalue weighted by Gasteiger charge is 2.34. The van der Waals surface area contributed by atoms with Gasteiger partial charge in [0.15, 0.2) is 0 Å². The molecule has 4 heteroatoms. The van der Waals surface area contributed by atoms with E-state index in [-0.39, 0.29) is 18.6 Å². The van der Waals surface area contributed by atoms with E-state index in [0.717, 1.165) is 18.5 Å². The Bertz CT molecular complexity index is 447. The van der Waals surface area contributed by atoms with Crippen molar-refractivity contribution in [3.63, 3.8) is 0 Å². The number of methoxy groups -OCH3 is 1. The first kappa shape index (κ1) is 14.0. The molecule has 0 bridgehead atoms. The molecule has 1 N–H and O–H groups in total. The second-order valence-electron chi connectivity index (χ2n) is 5.15. The van der Waals surface area contributed by atoms with Crippen LogP contribution in [0, 0.1) is 5.92 Å². The molecule has 0 radical (unpaired) electrons. The first-order valence-corrected chi connectivity index (χ1v) is 6.67.